The van der Waals surface area contributed by atoms with Crippen molar-refractivity contribution >= 4 is 0 Å². The highest BCUT2D eigenvalue weighted by Gasteiger charge is 2.23. The molecule has 2 heterocycles. The van der Waals surface area contributed by atoms with Gasteiger partial charge in [0, 0.05) is 11.1 Å². The van der Waals surface area contributed by atoms with Gasteiger partial charge in [0.1, 0.15) is 36.9 Å². The molecule has 0 spiro atoms. The van der Waals surface area contributed by atoms with Crippen molar-refractivity contribution in [1.82, 2.24) is 0 Å². The van der Waals surface area contributed by atoms with E-state index in [1.807, 2.05) is 48.5 Å². The third-order valence-corrected chi connectivity index (χ3v) is 3.86. The standard InChI is InChI=1S/C22H18O4/c1(3-17-5-9-19(10-6-17)23-13-21-15-25-21)2-4-18-7-11-20(12-8-18)24-14-22-16-26-22/h5-12,21-22H,13-16H2. The maximum atomic E-state index is 5.59. The molecular formula is C22H18O4. The van der Waals surface area contributed by atoms with Crippen LogP contribution in [0.15, 0.2) is 48.5 Å². The van der Waals surface area contributed by atoms with Gasteiger partial charge in [0.05, 0.1) is 13.2 Å². The normalized spacial score (nSPS) is 19.4. The molecule has 0 aromatic heterocycles. The van der Waals surface area contributed by atoms with E-state index >= 15 is 0 Å². The van der Waals surface area contributed by atoms with Crippen LogP contribution in [0, 0.1) is 23.7 Å². The average molecular weight is 346 g/mol. The number of rotatable bonds is 6. The first kappa shape index (κ1) is 16.5. The molecule has 0 aliphatic carbocycles. The van der Waals surface area contributed by atoms with Crippen molar-refractivity contribution in [2.24, 2.45) is 0 Å². The highest BCUT2D eigenvalue weighted by Crippen LogP contribution is 2.16. The van der Waals surface area contributed by atoms with E-state index in [4.69, 9.17) is 18.9 Å². The van der Waals surface area contributed by atoms with Crippen LogP contribution in [0.4, 0.5) is 0 Å². The van der Waals surface area contributed by atoms with Crippen LogP contribution in [0.1, 0.15) is 11.1 Å². The molecule has 0 saturated carbocycles. The number of epoxide rings is 2. The molecule has 2 aliphatic heterocycles. The molecule has 4 nitrogen and oxygen atoms in total. The van der Waals surface area contributed by atoms with Crippen LogP contribution >= 0.6 is 0 Å². The minimum atomic E-state index is 0.262. The summed E-state index contributed by atoms with van der Waals surface area (Å²) in [6, 6.07) is 15.3. The van der Waals surface area contributed by atoms with E-state index in [0.29, 0.717) is 13.2 Å². The molecule has 130 valence electrons. The van der Waals surface area contributed by atoms with Crippen molar-refractivity contribution in [2.45, 2.75) is 12.2 Å². The van der Waals surface area contributed by atoms with Gasteiger partial charge < -0.3 is 18.9 Å². The zero-order valence-electron chi connectivity index (χ0n) is 14.2. The fraction of sp³-hybridized carbons (Fsp3) is 0.273. The summed E-state index contributed by atoms with van der Waals surface area (Å²) < 4.78 is 21.4. The van der Waals surface area contributed by atoms with E-state index in [1.165, 1.54) is 0 Å². The summed E-state index contributed by atoms with van der Waals surface area (Å²) in [4.78, 5) is 0. The lowest BCUT2D eigenvalue weighted by atomic mass is 10.2. The van der Waals surface area contributed by atoms with Gasteiger partial charge in [0.25, 0.3) is 0 Å². The first-order valence-electron chi connectivity index (χ1n) is 8.56. The van der Waals surface area contributed by atoms with Crippen LogP contribution in [-0.2, 0) is 9.47 Å². The van der Waals surface area contributed by atoms with E-state index in [0.717, 1.165) is 35.8 Å². The Morgan fingerprint density at radius 3 is 1.42 bits per heavy atom. The van der Waals surface area contributed by atoms with Crippen LogP contribution in [-0.4, -0.2) is 38.6 Å². The summed E-state index contributed by atoms with van der Waals surface area (Å²) in [7, 11) is 0. The molecule has 2 saturated heterocycles. The SMILES string of the molecule is C(C#Cc1ccc(OCC2CO2)cc1)#Cc1ccc(OCC2CO2)cc1. The van der Waals surface area contributed by atoms with E-state index < -0.39 is 0 Å². The van der Waals surface area contributed by atoms with Gasteiger partial charge in [-0.15, -0.1) is 0 Å². The van der Waals surface area contributed by atoms with Crippen molar-refractivity contribution < 1.29 is 18.9 Å². The summed E-state index contributed by atoms with van der Waals surface area (Å²) in [6.45, 7) is 2.81. The van der Waals surface area contributed by atoms with Gasteiger partial charge in [-0.25, -0.2) is 0 Å². The van der Waals surface area contributed by atoms with Crippen molar-refractivity contribution in [3.05, 3.63) is 59.7 Å². The van der Waals surface area contributed by atoms with Crippen molar-refractivity contribution in [1.29, 1.82) is 0 Å². The van der Waals surface area contributed by atoms with Crippen molar-refractivity contribution in [2.75, 3.05) is 26.4 Å². The fourth-order valence-corrected chi connectivity index (χ4v) is 2.18. The van der Waals surface area contributed by atoms with Gasteiger partial charge in [-0.2, -0.15) is 0 Å². The molecule has 2 aromatic rings. The van der Waals surface area contributed by atoms with E-state index in [9.17, 15) is 0 Å². The van der Waals surface area contributed by atoms with Crippen LogP contribution in [0.5, 0.6) is 11.5 Å². The lowest BCUT2D eigenvalue weighted by Crippen LogP contribution is -2.03. The lowest BCUT2D eigenvalue weighted by Gasteiger charge is -2.03. The highest BCUT2D eigenvalue weighted by atomic mass is 16.6. The van der Waals surface area contributed by atoms with Gasteiger partial charge in [-0.05, 0) is 60.4 Å². The van der Waals surface area contributed by atoms with Crippen molar-refractivity contribution in [3.8, 4) is 35.2 Å². The first-order chi connectivity index (χ1) is 12.8. The topological polar surface area (TPSA) is 43.5 Å². The molecule has 0 radical (unpaired) electrons. The van der Waals surface area contributed by atoms with E-state index in [2.05, 4.69) is 23.7 Å². The summed E-state index contributed by atoms with van der Waals surface area (Å²) in [5.41, 5.74) is 1.81. The Kier molecular flexibility index (Phi) is 5.07. The van der Waals surface area contributed by atoms with Gasteiger partial charge in [-0.3, -0.25) is 0 Å². The smallest absolute Gasteiger partial charge is 0.119 e. The van der Waals surface area contributed by atoms with Crippen LogP contribution in [0.2, 0.25) is 0 Å². The van der Waals surface area contributed by atoms with E-state index in [-0.39, 0.29) is 12.2 Å². The molecule has 2 atom stereocenters. The third-order valence-electron chi connectivity index (χ3n) is 3.86. The molecule has 26 heavy (non-hydrogen) atoms. The number of hydrogen-bond donors (Lipinski definition) is 0. The second-order valence-electron chi connectivity index (χ2n) is 6.08. The van der Waals surface area contributed by atoms with Crippen LogP contribution in [0.3, 0.4) is 0 Å². The Labute approximate surface area is 153 Å². The van der Waals surface area contributed by atoms with E-state index in [1.54, 1.807) is 0 Å². The van der Waals surface area contributed by atoms with Crippen LogP contribution in [0.25, 0.3) is 0 Å². The fourth-order valence-electron chi connectivity index (χ4n) is 2.18. The molecule has 4 rings (SSSR count). The molecule has 2 fully saturated rings. The zero-order chi connectivity index (χ0) is 17.6. The minimum absolute atomic E-state index is 0.262. The summed E-state index contributed by atoms with van der Waals surface area (Å²) in [5.74, 6) is 13.5. The Morgan fingerprint density at radius 2 is 1.08 bits per heavy atom. The number of ether oxygens (including phenoxy) is 4. The molecule has 0 N–H and O–H groups in total. The molecule has 4 heteroatoms. The lowest BCUT2D eigenvalue weighted by molar-refractivity contribution is 0.263. The number of hydrogen-bond acceptors (Lipinski definition) is 4. The second-order valence-corrected chi connectivity index (χ2v) is 6.08. The van der Waals surface area contributed by atoms with Crippen LogP contribution < -0.4 is 9.47 Å². The Morgan fingerprint density at radius 1 is 0.692 bits per heavy atom. The molecule has 0 amide bonds. The molecule has 2 unspecified atom stereocenters. The maximum absolute atomic E-state index is 5.59. The molecular weight excluding hydrogens is 328 g/mol. The monoisotopic (exact) mass is 346 g/mol. The molecule has 2 aromatic carbocycles. The highest BCUT2D eigenvalue weighted by molar-refractivity contribution is 5.46. The summed E-state index contributed by atoms with van der Waals surface area (Å²) >= 11 is 0. The zero-order valence-corrected chi connectivity index (χ0v) is 14.2. The molecule has 2 aliphatic rings. The average Bonchev–Trinajstić information content (AvgIpc) is 3.58. The largest absolute Gasteiger partial charge is 0.491 e. The summed E-state index contributed by atoms with van der Waals surface area (Å²) in [5, 5.41) is 0. The van der Waals surface area contributed by atoms with Gasteiger partial charge >= 0.3 is 0 Å². The summed E-state index contributed by atoms with van der Waals surface area (Å²) in [6.07, 6.45) is 0.523. The maximum Gasteiger partial charge on any atom is 0.119 e. The Bertz CT molecular complexity index is 779. The predicted octanol–water partition coefficient (Wildman–Crippen LogP) is 2.65. The Balaban J connectivity index is 1.28. The van der Waals surface area contributed by atoms with Gasteiger partial charge in [0.2, 0.25) is 0 Å². The minimum Gasteiger partial charge on any atom is -0.491 e. The predicted molar refractivity (Wildman–Crippen MR) is 97.1 cm³/mol. The molecule has 0 bridgehead atoms. The van der Waals surface area contributed by atoms with Gasteiger partial charge in [0.15, 0.2) is 0 Å². The number of benzene rings is 2. The third kappa shape index (κ3) is 5.29. The first-order valence-corrected chi connectivity index (χ1v) is 8.56. The van der Waals surface area contributed by atoms with Gasteiger partial charge in [-0.1, -0.05) is 11.8 Å². The Hall–Kier alpha value is -2.92. The quantitative estimate of drug-likeness (QED) is 0.596. The van der Waals surface area contributed by atoms with Crippen molar-refractivity contribution in [3.63, 3.8) is 0 Å². The second kappa shape index (κ2) is 7.97.